The molecule has 0 saturated heterocycles. The van der Waals surface area contributed by atoms with Crippen molar-refractivity contribution in [2.45, 2.75) is 24.8 Å². The molecule has 2 aromatic carbocycles. The number of aromatic hydroxyl groups is 1. The van der Waals surface area contributed by atoms with Gasteiger partial charge in [0.05, 0.1) is 0 Å². The zero-order valence-electron chi connectivity index (χ0n) is 10.4. The van der Waals surface area contributed by atoms with Crippen molar-refractivity contribution in [3.63, 3.8) is 0 Å². The quantitative estimate of drug-likeness (QED) is 0.846. The summed E-state index contributed by atoms with van der Waals surface area (Å²) in [7, 11) is 0. The van der Waals surface area contributed by atoms with Crippen molar-refractivity contribution in [1.29, 1.82) is 0 Å². The minimum absolute atomic E-state index is 0.224. The Morgan fingerprint density at radius 1 is 1.11 bits per heavy atom. The normalized spacial score (nSPS) is 26.0. The van der Waals surface area contributed by atoms with Crippen LogP contribution in [0.4, 0.5) is 0 Å². The highest BCUT2D eigenvalue weighted by molar-refractivity contribution is 5.47. The van der Waals surface area contributed by atoms with Gasteiger partial charge < -0.3 is 10.8 Å². The van der Waals surface area contributed by atoms with Crippen LogP contribution in [-0.2, 0) is 5.54 Å². The van der Waals surface area contributed by atoms with Crippen molar-refractivity contribution in [2.24, 2.45) is 5.73 Å². The lowest BCUT2D eigenvalue weighted by molar-refractivity contribution is 0.466. The average molecular weight is 239 g/mol. The second-order valence-electron chi connectivity index (χ2n) is 5.22. The molecule has 0 radical (unpaired) electrons. The van der Waals surface area contributed by atoms with Gasteiger partial charge in [0.2, 0.25) is 0 Å². The van der Waals surface area contributed by atoms with Gasteiger partial charge >= 0.3 is 0 Å². The standard InChI is InChI=1S/C16H17NO/c1-11-6-8-12(9-7-11)16(17)10-14(16)13-4-2-3-5-15(13)18/h2-9,14,18H,10,17H2,1H3. The number of para-hydroxylation sites is 1. The molecule has 0 aliphatic heterocycles. The van der Waals surface area contributed by atoms with Gasteiger partial charge in [-0.1, -0.05) is 48.0 Å². The van der Waals surface area contributed by atoms with Crippen LogP contribution in [0.3, 0.4) is 0 Å². The lowest BCUT2D eigenvalue weighted by Gasteiger charge is -2.13. The van der Waals surface area contributed by atoms with E-state index < -0.39 is 0 Å². The van der Waals surface area contributed by atoms with E-state index >= 15 is 0 Å². The summed E-state index contributed by atoms with van der Waals surface area (Å²) >= 11 is 0. The second kappa shape index (κ2) is 3.85. The molecule has 2 unspecified atom stereocenters. The van der Waals surface area contributed by atoms with Gasteiger partial charge in [0.1, 0.15) is 5.75 Å². The third-order valence-corrected chi connectivity index (χ3v) is 3.90. The summed E-state index contributed by atoms with van der Waals surface area (Å²) in [4.78, 5) is 0. The van der Waals surface area contributed by atoms with Crippen LogP contribution in [0.15, 0.2) is 48.5 Å². The molecule has 18 heavy (non-hydrogen) atoms. The lowest BCUT2D eigenvalue weighted by Crippen LogP contribution is -2.21. The minimum atomic E-state index is -0.313. The van der Waals surface area contributed by atoms with Crippen LogP contribution in [0.1, 0.15) is 29.0 Å². The van der Waals surface area contributed by atoms with Gasteiger partial charge in [0.15, 0.2) is 0 Å². The number of benzene rings is 2. The summed E-state index contributed by atoms with van der Waals surface area (Å²) in [5.41, 5.74) is 9.49. The van der Waals surface area contributed by atoms with Gasteiger partial charge in [-0.3, -0.25) is 0 Å². The van der Waals surface area contributed by atoms with E-state index in [-0.39, 0.29) is 11.5 Å². The Morgan fingerprint density at radius 2 is 1.78 bits per heavy atom. The topological polar surface area (TPSA) is 46.2 Å². The first-order valence-corrected chi connectivity index (χ1v) is 6.25. The largest absolute Gasteiger partial charge is 0.508 e. The van der Waals surface area contributed by atoms with E-state index in [4.69, 9.17) is 5.73 Å². The molecular weight excluding hydrogens is 222 g/mol. The highest BCUT2D eigenvalue weighted by Crippen LogP contribution is 2.58. The van der Waals surface area contributed by atoms with E-state index in [1.54, 1.807) is 6.07 Å². The van der Waals surface area contributed by atoms with E-state index in [1.807, 2.05) is 18.2 Å². The van der Waals surface area contributed by atoms with Gasteiger partial charge in [-0.05, 0) is 30.5 Å². The Balaban J connectivity index is 1.92. The van der Waals surface area contributed by atoms with Gasteiger partial charge in [0, 0.05) is 11.5 Å². The van der Waals surface area contributed by atoms with E-state index in [1.165, 1.54) is 5.56 Å². The zero-order valence-corrected chi connectivity index (χ0v) is 10.4. The first-order valence-electron chi connectivity index (χ1n) is 6.25. The number of hydrogen-bond acceptors (Lipinski definition) is 2. The third-order valence-electron chi connectivity index (χ3n) is 3.90. The highest BCUT2D eigenvalue weighted by atomic mass is 16.3. The number of nitrogens with two attached hydrogens (primary N) is 1. The molecule has 0 heterocycles. The van der Waals surface area contributed by atoms with Crippen LogP contribution >= 0.6 is 0 Å². The molecule has 0 bridgehead atoms. The predicted octanol–water partition coefficient (Wildman–Crippen LogP) is 3.04. The Labute approximate surface area is 107 Å². The van der Waals surface area contributed by atoms with Crippen molar-refractivity contribution >= 4 is 0 Å². The van der Waals surface area contributed by atoms with Crippen molar-refractivity contribution in [3.05, 3.63) is 65.2 Å². The lowest BCUT2D eigenvalue weighted by atomic mass is 9.98. The molecule has 3 rings (SSSR count). The van der Waals surface area contributed by atoms with Crippen molar-refractivity contribution in [1.82, 2.24) is 0 Å². The number of hydrogen-bond donors (Lipinski definition) is 2. The van der Waals surface area contributed by atoms with Crippen LogP contribution in [-0.4, -0.2) is 5.11 Å². The van der Waals surface area contributed by atoms with Crippen LogP contribution in [0.2, 0.25) is 0 Å². The minimum Gasteiger partial charge on any atom is -0.508 e. The molecule has 2 aromatic rings. The van der Waals surface area contributed by atoms with Crippen LogP contribution in [0, 0.1) is 6.92 Å². The van der Waals surface area contributed by atoms with E-state index in [9.17, 15) is 5.11 Å². The van der Waals surface area contributed by atoms with E-state index in [2.05, 4.69) is 31.2 Å². The SMILES string of the molecule is Cc1ccc(C2(N)CC2c2ccccc2O)cc1. The van der Waals surface area contributed by atoms with Crippen LogP contribution in [0.25, 0.3) is 0 Å². The Kier molecular flexibility index (Phi) is 2.42. The molecule has 3 N–H and O–H groups in total. The molecular formula is C16H17NO. The molecule has 0 aromatic heterocycles. The summed E-state index contributed by atoms with van der Waals surface area (Å²) in [6.45, 7) is 2.07. The number of rotatable bonds is 2. The molecule has 2 nitrogen and oxygen atoms in total. The molecule has 1 saturated carbocycles. The molecule has 0 amide bonds. The second-order valence-corrected chi connectivity index (χ2v) is 5.22. The van der Waals surface area contributed by atoms with Crippen molar-refractivity contribution < 1.29 is 5.11 Å². The first kappa shape index (κ1) is 11.3. The van der Waals surface area contributed by atoms with Crippen LogP contribution < -0.4 is 5.73 Å². The summed E-state index contributed by atoms with van der Waals surface area (Å²) < 4.78 is 0. The highest BCUT2D eigenvalue weighted by Gasteiger charge is 2.53. The maximum absolute atomic E-state index is 9.89. The fourth-order valence-electron chi connectivity index (χ4n) is 2.63. The Hall–Kier alpha value is -1.80. The van der Waals surface area contributed by atoms with Crippen molar-refractivity contribution in [2.75, 3.05) is 0 Å². The molecule has 1 aliphatic rings. The predicted molar refractivity (Wildman–Crippen MR) is 72.5 cm³/mol. The molecule has 0 spiro atoms. The fraction of sp³-hybridized carbons (Fsp3) is 0.250. The van der Waals surface area contributed by atoms with Crippen LogP contribution in [0.5, 0.6) is 5.75 Å². The third kappa shape index (κ3) is 1.70. The van der Waals surface area contributed by atoms with E-state index in [0.29, 0.717) is 5.75 Å². The summed E-state index contributed by atoms with van der Waals surface area (Å²) in [6, 6.07) is 15.8. The molecule has 92 valence electrons. The van der Waals surface area contributed by atoms with Gasteiger partial charge in [0.25, 0.3) is 0 Å². The number of phenolic OH excluding ortho intramolecular Hbond substituents is 1. The summed E-state index contributed by atoms with van der Waals surface area (Å²) in [6.07, 6.45) is 0.896. The van der Waals surface area contributed by atoms with Gasteiger partial charge in [-0.15, -0.1) is 0 Å². The smallest absolute Gasteiger partial charge is 0.119 e. The van der Waals surface area contributed by atoms with Crippen molar-refractivity contribution in [3.8, 4) is 5.75 Å². The van der Waals surface area contributed by atoms with E-state index in [0.717, 1.165) is 17.5 Å². The maximum Gasteiger partial charge on any atom is 0.119 e. The fourth-order valence-corrected chi connectivity index (χ4v) is 2.63. The number of phenols is 1. The maximum atomic E-state index is 9.89. The molecule has 2 atom stereocenters. The zero-order chi connectivity index (χ0) is 12.8. The monoisotopic (exact) mass is 239 g/mol. The first-order chi connectivity index (χ1) is 8.61. The summed E-state index contributed by atoms with van der Waals surface area (Å²) in [5.74, 6) is 0.573. The number of aryl methyl sites for hydroxylation is 1. The summed E-state index contributed by atoms with van der Waals surface area (Å²) in [5, 5.41) is 9.89. The van der Waals surface area contributed by atoms with Gasteiger partial charge in [-0.2, -0.15) is 0 Å². The Morgan fingerprint density at radius 3 is 2.44 bits per heavy atom. The Bertz CT molecular complexity index is 576. The van der Waals surface area contributed by atoms with Gasteiger partial charge in [-0.25, -0.2) is 0 Å². The molecule has 1 aliphatic carbocycles. The molecule has 1 fully saturated rings. The molecule has 2 heteroatoms. The average Bonchev–Trinajstić information content (AvgIpc) is 3.04.